The fraction of sp³-hybridized carbons (Fsp3) is 0.133. The molecule has 0 N–H and O–H groups in total. The van der Waals surface area contributed by atoms with Crippen molar-refractivity contribution in [3.8, 4) is 0 Å². The predicted octanol–water partition coefficient (Wildman–Crippen LogP) is 7.39. The zero-order valence-electron chi connectivity index (χ0n) is 19.4. The van der Waals surface area contributed by atoms with Crippen molar-refractivity contribution >= 4 is 32.4 Å². The van der Waals surface area contributed by atoms with Crippen molar-refractivity contribution in [3.63, 3.8) is 0 Å². The second-order valence-corrected chi connectivity index (χ2v) is 14.3. The molecule has 4 aromatic rings. The third kappa shape index (κ3) is 7.23. The molecular weight excluding hydrogens is 416 g/mol. The number of hydrogen-bond acceptors (Lipinski definition) is 2. The monoisotopic (exact) mass is 446 g/mol. The first kappa shape index (κ1) is 22.6. The smallest absolute Gasteiger partial charge is 0.0561 e. The van der Waals surface area contributed by atoms with E-state index in [1.165, 1.54) is 34.3 Å². The van der Waals surface area contributed by atoms with Gasteiger partial charge in [0.1, 0.15) is 0 Å². The molecule has 0 unspecified atom stereocenters. The van der Waals surface area contributed by atoms with E-state index in [2.05, 4.69) is 108 Å². The molecule has 0 fully saturated rings. The van der Waals surface area contributed by atoms with Gasteiger partial charge in [-0.15, -0.1) is 0 Å². The van der Waals surface area contributed by atoms with Crippen LogP contribution in [0.3, 0.4) is 0 Å². The number of nitrogens with zero attached hydrogens (tertiary/aromatic N) is 2. The van der Waals surface area contributed by atoms with Gasteiger partial charge in [0.05, 0.1) is 8.07 Å². The average molecular weight is 447 g/mol. The maximum atomic E-state index is 4.16. The van der Waals surface area contributed by atoms with E-state index in [1.807, 2.05) is 24.5 Å². The van der Waals surface area contributed by atoms with Crippen LogP contribution in [0.25, 0.3) is 24.3 Å². The van der Waals surface area contributed by atoms with Crippen LogP contribution in [0.4, 0.5) is 0 Å². The molecule has 0 spiro atoms. The van der Waals surface area contributed by atoms with Gasteiger partial charge in [-0.25, -0.2) is 0 Å². The lowest BCUT2D eigenvalue weighted by Crippen LogP contribution is -2.32. The molecule has 3 heteroatoms. The molecule has 0 bridgehead atoms. The lowest BCUT2D eigenvalue weighted by molar-refractivity contribution is 1.21. The van der Waals surface area contributed by atoms with Crippen LogP contribution in [0.2, 0.25) is 13.1 Å². The summed E-state index contributed by atoms with van der Waals surface area (Å²) in [5.74, 6) is 0. The summed E-state index contributed by atoms with van der Waals surface area (Å²) in [7, 11) is -1.41. The lowest BCUT2D eigenvalue weighted by atomic mass is 10.1. The summed E-state index contributed by atoms with van der Waals surface area (Å²) in [6, 6.07) is 28.4. The van der Waals surface area contributed by atoms with Gasteiger partial charge in [0.15, 0.2) is 0 Å². The lowest BCUT2D eigenvalue weighted by Gasteiger charge is -2.23. The van der Waals surface area contributed by atoms with Gasteiger partial charge in [-0.05, 0) is 46.5 Å². The van der Waals surface area contributed by atoms with Gasteiger partial charge < -0.3 is 0 Å². The molecule has 2 aromatic carbocycles. The number of pyridine rings is 2. The summed E-state index contributed by atoms with van der Waals surface area (Å²) in [6.45, 7) is 4.97. The van der Waals surface area contributed by atoms with Crippen LogP contribution >= 0.6 is 0 Å². The van der Waals surface area contributed by atoms with Crippen LogP contribution in [-0.4, -0.2) is 18.0 Å². The Morgan fingerprint density at radius 1 is 0.545 bits per heavy atom. The van der Waals surface area contributed by atoms with E-state index >= 15 is 0 Å². The molecule has 0 atom stereocenters. The maximum absolute atomic E-state index is 4.16. The Morgan fingerprint density at radius 3 is 1.30 bits per heavy atom. The highest BCUT2D eigenvalue weighted by Gasteiger charge is 2.21. The van der Waals surface area contributed by atoms with Crippen LogP contribution in [0, 0.1) is 0 Å². The van der Waals surface area contributed by atoms with Crippen molar-refractivity contribution in [2.75, 3.05) is 0 Å². The Labute approximate surface area is 198 Å². The molecule has 2 nitrogen and oxygen atoms in total. The largest absolute Gasteiger partial charge is 0.264 e. The summed E-state index contributed by atoms with van der Waals surface area (Å²) in [5.41, 5.74) is 7.54. The number of hydrogen-bond donors (Lipinski definition) is 0. The summed E-state index contributed by atoms with van der Waals surface area (Å²) in [4.78, 5) is 8.32. The molecule has 0 aliphatic rings. The van der Waals surface area contributed by atoms with Crippen LogP contribution in [-0.2, 0) is 12.1 Å². The average Bonchev–Trinajstić information content (AvgIpc) is 2.84. The first-order valence-electron chi connectivity index (χ1n) is 11.4. The Morgan fingerprint density at radius 2 is 0.939 bits per heavy atom. The van der Waals surface area contributed by atoms with Gasteiger partial charge in [-0.2, -0.15) is 0 Å². The predicted molar refractivity (Wildman–Crippen MR) is 144 cm³/mol. The zero-order chi connectivity index (χ0) is 22.9. The van der Waals surface area contributed by atoms with E-state index in [-0.39, 0.29) is 0 Å². The van der Waals surface area contributed by atoms with Crippen LogP contribution < -0.4 is 0 Å². The highest BCUT2D eigenvalue weighted by Crippen LogP contribution is 2.20. The van der Waals surface area contributed by atoms with E-state index in [9.17, 15) is 0 Å². The molecule has 4 rings (SSSR count). The quantitative estimate of drug-likeness (QED) is 0.264. The minimum Gasteiger partial charge on any atom is -0.264 e. The Bertz CT molecular complexity index is 1100. The molecule has 2 aromatic heterocycles. The summed E-state index contributed by atoms with van der Waals surface area (Å²) in [5, 5.41) is 0. The molecule has 0 aliphatic heterocycles. The van der Waals surface area contributed by atoms with Crippen molar-refractivity contribution in [3.05, 3.63) is 131 Å². The highest BCUT2D eigenvalue weighted by atomic mass is 28.3. The minimum atomic E-state index is -1.41. The molecule has 2 heterocycles. The topological polar surface area (TPSA) is 25.8 Å². The fourth-order valence-corrected chi connectivity index (χ4v) is 6.80. The van der Waals surface area contributed by atoms with E-state index in [1.54, 1.807) is 12.4 Å². The Balaban J connectivity index is 1.34. The van der Waals surface area contributed by atoms with Crippen molar-refractivity contribution in [1.29, 1.82) is 0 Å². The first-order valence-corrected chi connectivity index (χ1v) is 14.8. The van der Waals surface area contributed by atoms with Crippen LogP contribution in [0.5, 0.6) is 0 Å². The Hall–Kier alpha value is -3.56. The SMILES string of the molecule is C[Si](C)(Cc1ccc(/C=C/c2cccnc2)cc1)Cc1ccc(/C=C/c2cccnc2)cc1. The number of aromatic nitrogens is 2. The van der Waals surface area contributed by atoms with Gasteiger partial charge in [0.2, 0.25) is 0 Å². The number of benzene rings is 2. The van der Waals surface area contributed by atoms with Crippen molar-refractivity contribution < 1.29 is 0 Å². The third-order valence-electron chi connectivity index (χ3n) is 5.63. The molecule has 33 heavy (non-hydrogen) atoms. The summed E-state index contributed by atoms with van der Waals surface area (Å²) < 4.78 is 0. The second-order valence-electron chi connectivity index (χ2n) is 9.24. The summed E-state index contributed by atoms with van der Waals surface area (Å²) in [6.07, 6.45) is 15.9. The van der Waals surface area contributed by atoms with Crippen molar-refractivity contribution in [2.45, 2.75) is 25.2 Å². The van der Waals surface area contributed by atoms with Crippen molar-refractivity contribution in [1.82, 2.24) is 9.97 Å². The van der Waals surface area contributed by atoms with E-state index in [4.69, 9.17) is 0 Å². The molecule has 0 amide bonds. The molecule has 0 aliphatic carbocycles. The second kappa shape index (κ2) is 10.8. The highest BCUT2D eigenvalue weighted by molar-refractivity contribution is 6.76. The fourth-order valence-electron chi connectivity index (χ4n) is 3.99. The number of rotatable bonds is 8. The summed E-state index contributed by atoms with van der Waals surface area (Å²) >= 11 is 0. The van der Waals surface area contributed by atoms with E-state index in [0.29, 0.717) is 0 Å². The molecular formula is C30H30N2Si. The van der Waals surface area contributed by atoms with E-state index in [0.717, 1.165) is 11.1 Å². The zero-order valence-corrected chi connectivity index (χ0v) is 20.4. The van der Waals surface area contributed by atoms with Gasteiger partial charge in [-0.3, -0.25) is 9.97 Å². The van der Waals surface area contributed by atoms with Gasteiger partial charge in [-0.1, -0.05) is 109 Å². The minimum absolute atomic E-state index is 1.12. The maximum Gasteiger partial charge on any atom is 0.0561 e. The first-order chi connectivity index (χ1) is 16.1. The van der Waals surface area contributed by atoms with Crippen molar-refractivity contribution in [2.24, 2.45) is 0 Å². The molecule has 164 valence electrons. The van der Waals surface area contributed by atoms with Crippen LogP contribution in [0.15, 0.2) is 97.6 Å². The molecule has 0 saturated heterocycles. The van der Waals surface area contributed by atoms with Crippen LogP contribution in [0.1, 0.15) is 33.4 Å². The van der Waals surface area contributed by atoms with E-state index < -0.39 is 8.07 Å². The standard InChI is InChI=1S/C30H30N2Si/c1-33(2,23-29-15-9-25(10-16-29)7-13-27-5-3-19-31-21-27)24-30-17-11-26(12-18-30)8-14-28-6-4-20-32-22-28/h3-22H,23-24H2,1-2H3/b13-7+,14-8+. The van der Waals surface area contributed by atoms with Gasteiger partial charge in [0, 0.05) is 24.8 Å². The van der Waals surface area contributed by atoms with Gasteiger partial charge >= 0.3 is 0 Å². The Kier molecular flexibility index (Phi) is 7.43. The third-order valence-corrected chi connectivity index (χ3v) is 8.36. The normalized spacial score (nSPS) is 11.9. The molecule has 0 radical (unpaired) electrons. The molecule has 0 saturated carbocycles. The van der Waals surface area contributed by atoms with Gasteiger partial charge in [0.25, 0.3) is 0 Å².